The van der Waals surface area contributed by atoms with Crippen LogP contribution in [0, 0.1) is 0 Å². The Hall–Kier alpha value is -1.30. The summed E-state index contributed by atoms with van der Waals surface area (Å²) in [6, 6.07) is 2.57. The molecule has 1 N–H and O–H groups in total. The summed E-state index contributed by atoms with van der Waals surface area (Å²) in [5, 5.41) is 2.84. The van der Waals surface area contributed by atoms with Gasteiger partial charge in [-0.05, 0) is 45.0 Å². The first-order valence-electron chi connectivity index (χ1n) is 6.98. The Morgan fingerprint density at radius 1 is 1.30 bits per heavy atom. The molecule has 0 amide bonds. The minimum atomic E-state index is -4.37. The molecule has 112 valence electrons. The SMILES string of the molecule is CC(CNc1ncccc1C(F)(F)F)N1CCCCC1. The standard InChI is InChI=1S/C14H20F3N3/c1-11(20-8-3-2-4-9-20)10-19-13-12(14(15,16)17)6-5-7-18-13/h5-7,11H,2-4,8-10H2,1H3,(H,18,19). The number of hydrogen-bond donors (Lipinski definition) is 1. The molecule has 1 aromatic heterocycles. The number of halogens is 3. The molecule has 3 nitrogen and oxygen atoms in total. The molecule has 1 aliphatic heterocycles. The number of alkyl halides is 3. The number of hydrogen-bond acceptors (Lipinski definition) is 3. The van der Waals surface area contributed by atoms with E-state index in [0.29, 0.717) is 6.54 Å². The average Bonchev–Trinajstić information content (AvgIpc) is 2.45. The lowest BCUT2D eigenvalue weighted by molar-refractivity contribution is -0.137. The molecule has 0 aromatic carbocycles. The van der Waals surface area contributed by atoms with Gasteiger partial charge in [-0.2, -0.15) is 13.2 Å². The van der Waals surface area contributed by atoms with Crippen LogP contribution in [0.4, 0.5) is 19.0 Å². The first-order valence-corrected chi connectivity index (χ1v) is 6.98. The smallest absolute Gasteiger partial charge is 0.368 e. The number of piperidine rings is 1. The molecule has 1 saturated heterocycles. The molecule has 0 saturated carbocycles. The van der Waals surface area contributed by atoms with E-state index in [2.05, 4.69) is 15.2 Å². The predicted octanol–water partition coefficient (Wildman–Crippen LogP) is 3.39. The normalized spacial score (nSPS) is 18.8. The fourth-order valence-corrected chi connectivity index (χ4v) is 2.51. The van der Waals surface area contributed by atoms with Crippen LogP contribution in [-0.4, -0.2) is 35.6 Å². The Balaban J connectivity index is 1.96. The van der Waals surface area contributed by atoms with E-state index in [1.165, 1.54) is 31.5 Å². The number of nitrogens with one attached hydrogen (secondary N) is 1. The number of pyridine rings is 1. The number of nitrogens with zero attached hydrogens (tertiary/aromatic N) is 2. The number of anilines is 1. The van der Waals surface area contributed by atoms with Gasteiger partial charge in [0.2, 0.25) is 0 Å². The maximum atomic E-state index is 12.8. The largest absolute Gasteiger partial charge is 0.419 e. The zero-order valence-corrected chi connectivity index (χ0v) is 11.6. The fraction of sp³-hybridized carbons (Fsp3) is 0.643. The summed E-state index contributed by atoms with van der Waals surface area (Å²) in [5.41, 5.74) is -0.703. The Labute approximate surface area is 117 Å². The van der Waals surface area contributed by atoms with Crippen molar-refractivity contribution in [2.24, 2.45) is 0 Å². The van der Waals surface area contributed by atoms with Gasteiger partial charge in [0.1, 0.15) is 5.82 Å². The molecule has 20 heavy (non-hydrogen) atoms. The van der Waals surface area contributed by atoms with Crippen LogP contribution in [0.1, 0.15) is 31.7 Å². The molecule has 1 aromatic rings. The number of likely N-dealkylation sites (tertiary alicyclic amines) is 1. The molecule has 0 aliphatic carbocycles. The van der Waals surface area contributed by atoms with Crippen molar-refractivity contribution in [3.63, 3.8) is 0 Å². The van der Waals surface area contributed by atoms with E-state index >= 15 is 0 Å². The second-order valence-electron chi connectivity index (χ2n) is 5.22. The first kappa shape index (κ1) is 15.1. The van der Waals surface area contributed by atoms with Gasteiger partial charge in [0.25, 0.3) is 0 Å². The lowest BCUT2D eigenvalue weighted by Gasteiger charge is -2.32. The highest BCUT2D eigenvalue weighted by molar-refractivity contribution is 5.45. The van der Waals surface area contributed by atoms with Gasteiger partial charge >= 0.3 is 6.18 Å². The molecule has 0 spiro atoms. The van der Waals surface area contributed by atoms with Gasteiger partial charge in [0.05, 0.1) is 5.56 Å². The summed E-state index contributed by atoms with van der Waals surface area (Å²) in [6.07, 6.45) is 0.590. The minimum absolute atomic E-state index is 0.0798. The van der Waals surface area contributed by atoms with Crippen LogP contribution < -0.4 is 5.32 Å². The van der Waals surface area contributed by atoms with Crippen molar-refractivity contribution in [2.45, 2.75) is 38.4 Å². The molecule has 1 fully saturated rings. The van der Waals surface area contributed by atoms with Crippen LogP contribution in [0.25, 0.3) is 0 Å². The summed E-state index contributed by atoms with van der Waals surface area (Å²) in [6.45, 7) is 4.56. The summed E-state index contributed by atoms with van der Waals surface area (Å²) in [5.74, 6) is -0.0798. The number of rotatable bonds is 4. The van der Waals surface area contributed by atoms with Crippen LogP contribution in [0.3, 0.4) is 0 Å². The first-order chi connectivity index (χ1) is 9.48. The van der Waals surface area contributed by atoms with Crippen molar-refractivity contribution in [2.75, 3.05) is 25.0 Å². The van der Waals surface area contributed by atoms with Gasteiger partial charge in [-0.1, -0.05) is 6.42 Å². The van der Waals surface area contributed by atoms with Crippen molar-refractivity contribution in [1.82, 2.24) is 9.88 Å². The molecule has 1 unspecified atom stereocenters. The number of aromatic nitrogens is 1. The maximum absolute atomic E-state index is 12.8. The average molecular weight is 287 g/mol. The zero-order valence-electron chi connectivity index (χ0n) is 11.6. The summed E-state index contributed by atoms with van der Waals surface area (Å²) in [4.78, 5) is 6.12. The molecular formula is C14H20F3N3. The maximum Gasteiger partial charge on any atom is 0.419 e. The molecule has 2 rings (SSSR count). The third-order valence-corrected chi connectivity index (χ3v) is 3.69. The highest BCUT2D eigenvalue weighted by Crippen LogP contribution is 2.33. The quantitative estimate of drug-likeness (QED) is 0.920. The van der Waals surface area contributed by atoms with Crippen LogP contribution in [0.5, 0.6) is 0 Å². The van der Waals surface area contributed by atoms with E-state index in [1.807, 2.05) is 6.92 Å². The predicted molar refractivity (Wildman–Crippen MR) is 72.6 cm³/mol. The van der Waals surface area contributed by atoms with Crippen LogP contribution in [0.15, 0.2) is 18.3 Å². The Morgan fingerprint density at radius 3 is 2.65 bits per heavy atom. The van der Waals surface area contributed by atoms with E-state index in [9.17, 15) is 13.2 Å². The van der Waals surface area contributed by atoms with Crippen molar-refractivity contribution in [3.8, 4) is 0 Å². The Kier molecular flexibility index (Phi) is 4.86. The molecule has 1 atom stereocenters. The van der Waals surface area contributed by atoms with Gasteiger partial charge in [-0.25, -0.2) is 4.98 Å². The van der Waals surface area contributed by atoms with Gasteiger partial charge in [0, 0.05) is 18.8 Å². The van der Waals surface area contributed by atoms with Crippen molar-refractivity contribution in [1.29, 1.82) is 0 Å². The summed E-state index contributed by atoms with van der Waals surface area (Å²) in [7, 11) is 0. The molecule has 2 heterocycles. The molecule has 0 bridgehead atoms. The highest BCUT2D eigenvalue weighted by Gasteiger charge is 2.34. The highest BCUT2D eigenvalue weighted by atomic mass is 19.4. The Morgan fingerprint density at radius 2 is 2.00 bits per heavy atom. The summed E-state index contributed by atoms with van der Waals surface area (Å²) < 4.78 is 38.5. The van der Waals surface area contributed by atoms with Crippen molar-refractivity contribution < 1.29 is 13.2 Å². The van der Waals surface area contributed by atoms with Gasteiger partial charge in [-0.3, -0.25) is 4.90 Å². The zero-order chi connectivity index (χ0) is 14.6. The van der Waals surface area contributed by atoms with E-state index in [0.717, 1.165) is 19.2 Å². The topological polar surface area (TPSA) is 28.2 Å². The van der Waals surface area contributed by atoms with Gasteiger partial charge in [0.15, 0.2) is 0 Å². The molecule has 1 aliphatic rings. The van der Waals surface area contributed by atoms with E-state index in [4.69, 9.17) is 0 Å². The Bertz CT molecular complexity index is 428. The monoisotopic (exact) mass is 287 g/mol. The van der Waals surface area contributed by atoms with Crippen molar-refractivity contribution in [3.05, 3.63) is 23.9 Å². The van der Waals surface area contributed by atoms with Crippen molar-refractivity contribution >= 4 is 5.82 Å². The lowest BCUT2D eigenvalue weighted by Crippen LogP contribution is -2.41. The second-order valence-corrected chi connectivity index (χ2v) is 5.22. The molecule has 6 heteroatoms. The second kappa shape index (κ2) is 6.43. The summed E-state index contributed by atoms with van der Waals surface area (Å²) >= 11 is 0. The lowest BCUT2D eigenvalue weighted by atomic mass is 10.1. The third kappa shape index (κ3) is 3.85. The van der Waals surface area contributed by atoms with E-state index in [-0.39, 0.29) is 11.9 Å². The van der Waals surface area contributed by atoms with Crippen LogP contribution in [-0.2, 0) is 6.18 Å². The molecular weight excluding hydrogens is 267 g/mol. The van der Waals surface area contributed by atoms with Crippen LogP contribution in [0.2, 0.25) is 0 Å². The van der Waals surface area contributed by atoms with Gasteiger partial charge < -0.3 is 5.32 Å². The van der Waals surface area contributed by atoms with Crippen LogP contribution >= 0.6 is 0 Å². The third-order valence-electron chi connectivity index (χ3n) is 3.69. The molecule has 0 radical (unpaired) electrons. The van der Waals surface area contributed by atoms with E-state index in [1.54, 1.807) is 0 Å². The fourth-order valence-electron chi connectivity index (χ4n) is 2.51. The van der Waals surface area contributed by atoms with E-state index < -0.39 is 11.7 Å². The minimum Gasteiger partial charge on any atom is -0.368 e. The van der Waals surface area contributed by atoms with Gasteiger partial charge in [-0.15, -0.1) is 0 Å².